The highest BCUT2D eigenvalue weighted by Gasteiger charge is 2.38. The molecule has 9 heteroatoms. The van der Waals surface area contributed by atoms with Crippen molar-refractivity contribution < 1.29 is 23.0 Å². The van der Waals surface area contributed by atoms with Crippen molar-refractivity contribution in [1.29, 1.82) is 0 Å². The number of allylic oxidation sites excluding steroid dienone is 1. The van der Waals surface area contributed by atoms with Crippen LogP contribution in [0.5, 0.6) is 5.75 Å². The molecule has 4 rings (SSSR count). The van der Waals surface area contributed by atoms with E-state index in [1.807, 2.05) is 37.8 Å². The molecule has 2 aliphatic rings. The van der Waals surface area contributed by atoms with Crippen LogP contribution < -0.4 is 21.1 Å². The first kappa shape index (κ1) is 28.7. The second-order valence-corrected chi connectivity index (χ2v) is 10.8. The summed E-state index contributed by atoms with van der Waals surface area (Å²) >= 11 is 0. The minimum atomic E-state index is -0.740. The Morgan fingerprint density at radius 1 is 1.15 bits per heavy atom. The summed E-state index contributed by atoms with van der Waals surface area (Å²) in [6, 6.07) is 6.55. The van der Waals surface area contributed by atoms with Crippen LogP contribution in [-0.4, -0.2) is 37.1 Å². The summed E-state index contributed by atoms with van der Waals surface area (Å²) in [5.41, 5.74) is 16.1. The average molecular weight is 543 g/mol. The van der Waals surface area contributed by atoms with Crippen molar-refractivity contribution in [2.45, 2.75) is 65.6 Å². The number of benzene rings is 2. The van der Waals surface area contributed by atoms with Gasteiger partial charge in [0.25, 0.3) is 5.91 Å². The molecule has 0 saturated heterocycles. The zero-order valence-electron chi connectivity index (χ0n) is 23.5. The summed E-state index contributed by atoms with van der Waals surface area (Å²) < 4.78 is 40.1. The van der Waals surface area contributed by atoms with E-state index in [0.717, 1.165) is 30.0 Å². The number of amides is 1. The van der Waals surface area contributed by atoms with E-state index in [1.165, 1.54) is 17.0 Å². The molecule has 1 aliphatic heterocycles. The van der Waals surface area contributed by atoms with Crippen molar-refractivity contribution in [3.05, 3.63) is 64.5 Å². The number of hydrogen-bond acceptors (Lipinski definition) is 6. The standard InChI is InChI=1S/C30H40F2N4O3/c1-6-35(29(34)24-15-25(33)27(38-5)11-18(24)3)26-9-7-8-19(4)36(23-13-21(31)12-22(32)14-23)30(37)28(26)39-16-20-10-17(20)2/h11-15,17,19-20,29H,6-10,16,33-34H2,1-5H3. The number of nitrogens with two attached hydrogens (primary N) is 2. The van der Waals surface area contributed by atoms with Gasteiger partial charge in [0.1, 0.15) is 23.5 Å². The maximum atomic E-state index is 14.2. The van der Waals surface area contributed by atoms with Crippen molar-refractivity contribution in [1.82, 2.24) is 4.90 Å². The molecule has 4 unspecified atom stereocenters. The molecule has 1 saturated carbocycles. The number of ether oxygens (including phenoxy) is 2. The van der Waals surface area contributed by atoms with Crippen LogP contribution in [0.4, 0.5) is 20.2 Å². The molecule has 0 spiro atoms. The van der Waals surface area contributed by atoms with E-state index in [-0.39, 0.29) is 17.5 Å². The fourth-order valence-corrected chi connectivity index (χ4v) is 5.47. The van der Waals surface area contributed by atoms with Crippen LogP contribution in [0.3, 0.4) is 0 Å². The molecule has 2 aromatic rings. The predicted octanol–water partition coefficient (Wildman–Crippen LogP) is 5.63. The van der Waals surface area contributed by atoms with Crippen LogP contribution in [0.2, 0.25) is 0 Å². The third-order valence-electron chi connectivity index (χ3n) is 7.95. The lowest BCUT2D eigenvalue weighted by atomic mass is 9.99. The summed E-state index contributed by atoms with van der Waals surface area (Å²) in [6.07, 6.45) is 2.37. The van der Waals surface area contributed by atoms with Crippen molar-refractivity contribution in [3.8, 4) is 5.75 Å². The van der Waals surface area contributed by atoms with E-state index < -0.39 is 23.7 Å². The van der Waals surface area contributed by atoms with Gasteiger partial charge in [0.2, 0.25) is 5.76 Å². The van der Waals surface area contributed by atoms with Crippen LogP contribution in [0.15, 0.2) is 41.8 Å². The quantitative estimate of drug-likeness (QED) is 0.315. The molecule has 212 valence electrons. The molecular formula is C30H40F2N4O3. The first-order chi connectivity index (χ1) is 18.5. The summed E-state index contributed by atoms with van der Waals surface area (Å²) in [4.78, 5) is 17.7. The van der Waals surface area contributed by atoms with Gasteiger partial charge in [0.05, 0.1) is 30.8 Å². The number of carbonyl (C=O) groups is 1. The fraction of sp³-hybridized carbons (Fsp3) is 0.500. The molecular weight excluding hydrogens is 502 g/mol. The molecule has 0 aromatic heterocycles. The number of rotatable bonds is 9. The highest BCUT2D eigenvalue weighted by atomic mass is 19.1. The van der Waals surface area contributed by atoms with Crippen LogP contribution >= 0.6 is 0 Å². The number of aryl methyl sites for hydroxylation is 1. The SMILES string of the molecule is CCN(C1=C(OCC2CC2C)C(=O)N(c2cc(F)cc(F)c2)C(C)CCC1)C(N)c1cc(N)c(OC)cc1C. The van der Waals surface area contributed by atoms with Gasteiger partial charge in [0, 0.05) is 18.7 Å². The molecule has 7 nitrogen and oxygen atoms in total. The van der Waals surface area contributed by atoms with Crippen molar-refractivity contribution in [2.75, 3.05) is 30.9 Å². The first-order valence-corrected chi connectivity index (χ1v) is 13.7. The Morgan fingerprint density at radius 3 is 2.41 bits per heavy atom. The monoisotopic (exact) mass is 542 g/mol. The maximum absolute atomic E-state index is 14.2. The van der Waals surface area contributed by atoms with E-state index in [9.17, 15) is 13.6 Å². The van der Waals surface area contributed by atoms with Crippen LogP contribution in [0.25, 0.3) is 0 Å². The molecule has 2 aromatic carbocycles. The summed E-state index contributed by atoms with van der Waals surface area (Å²) in [6.45, 7) is 8.86. The molecule has 0 radical (unpaired) electrons. The minimum Gasteiger partial charge on any atom is -0.495 e. The smallest absolute Gasteiger partial charge is 0.295 e. The second-order valence-electron chi connectivity index (χ2n) is 10.8. The Labute approximate surface area is 229 Å². The normalized spacial score (nSPS) is 22.3. The van der Waals surface area contributed by atoms with Crippen LogP contribution in [0, 0.1) is 30.4 Å². The van der Waals surface area contributed by atoms with Crippen molar-refractivity contribution >= 4 is 17.3 Å². The number of carbonyl (C=O) groups excluding carboxylic acids is 1. The van der Waals surface area contributed by atoms with E-state index >= 15 is 0 Å². The van der Waals surface area contributed by atoms with Gasteiger partial charge < -0.3 is 30.7 Å². The third-order valence-corrected chi connectivity index (χ3v) is 7.95. The predicted molar refractivity (Wildman–Crippen MR) is 149 cm³/mol. The van der Waals surface area contributed by atoms with Crippen molar-refractivity contribution in [3.63, 3.8) is 0 Å². The number of halogens is 2. The van der Waals surface area contributed by atoms with Gasteiger partial charge in [-0.3, -0.25) is 4.79 Å². The second kappa shape index (κ2) is 11.8. The lowest BCUT2D eigenvalue weighted by Gasteiger charge is -2.38. The van der Waals surface area contributed by atoms with Crippen LogP contribution in [-0.2, 0) is 9.53 Å². The van der Waals surface area contributed by atoms with E-state index in [0.29, 0.717) is 55.0 Å². The van der Waals surface area contributed by atoms with Gasteiger partial charge in [-0.2, -0.15) is 0 Å². The Bertz CT molecular complexity index is 1230. The van der Waals surface area contributed by atoms with E-state index in [1.54, 1.807) is 7.11 Å². The van der Waals surface area contributed by atoms with Gasteiger partial charge in [-0.15, -0.1) is 0 Å². The number of anilines is 2. The number of methoxy groups -OCH3 is 1. The van der Waals surface area contributed by atoms with Gasteiger partial charge in [-0.05, 0) is 93.7 Å². The molecule has 0 bridgehead atoms. The number of hydrogen-bond donors (Lipinski definition) is 2. The van der Waals surface area contributed by atoms with Gasteiger partial charge in [-0.1, -0.05) is 6.92 Å². The Kier molecular flexibility index (Phi) is 8.69. The van der Waals surface area contributed by atoms with Gasteiger partial charge in [-0.25, -0.2) is 8.78 Å². The average Bonchev–Trinajstić information content (AvgIpc) is 3.58. The molecule has 4 N–H and O–H groups in total. The Balaban J connectivity index is 1.80. The zero-order valence-corrected chi connectivity index (χ0v) is 23.5. The van der Waals surface area contributed by atoms with Crippen molar-refractivity contribution in [2.24, 2.45) is 17.6 Å². The van der Waals surface area contributed by atoms with E-state index in [4.69, 9.17) is 20.9 Å². The first-order valence-electron chi connectivity index (χ1n) is 13.7. The number of nitrogen functional groups attached to an aromatic ring is 1. The Morgan fingerprint density at radius 2 is 1.82 bits per heavy atom. The molecule has 1 aliphatic carbocycles. The minimum absolute atomic E-state index is 0.165. The maximum Gasteiger partial charge on any atom is 0.295 e. The lowest BCUT2D eigenvalue weighted by Crippen LogP contribution is -2.44. The molecule has 39 heavy (non-hydrogen) atoms. The molecule has 4 atom stereocenters. The topological polar surface area (TPSA) is 94.0 Å². The molecule has 1 heterocycles. The summed E-state index contributed by atoms with van der Waals surface area (Å²) in [7, 11) is 1.57. The van der Waals surface area contributed by atoms with Gasteiger partial charge in [0.15, 0.2) is 0 Å². The summed E-state index contributed by atoms with van der Waals surface area (Å²) in [5, 5.41) is 0. The highest BCUT2D eigenvalue weighted by Crippen LogP contribution is 2.40. The number of nitrogens with zero attached hydrogens (tertiary/aromatic N) is 2. The molecule has 1 amide bonds. The van der Waals surface area contributed by atoms with E-state index in [2.05, 4.69) is 6.92 Å². The zero-order chi connectivity index (χ0) is 28.4. The van der Waals surface area contributed by atoms with Crippen LogP contribution in [0.1, 0.15) is 63.7 Å². The summed E-state index contributed by atoms with van der Waals surface area (Å²) in [5.74, 6) is -0.262. The largest absolute Gasteiger partial charge is 0.495 e. The third kappa shape index (κ3) is 6.13. The fourth-order valence-electron chi connectivity index (χ4n) is 5.47. The lowest BCUT2D eigenvalue weighted by molar-refractivity contribution is -0.119. The Hall–Kier alpha value is -3.33. The van der Waals surface area contributed by atoms with Gasteiger partial charge >= 0.3 is 0 Å². The highest BCUT2D eigenvalue weighted by molar-refractivity contribution is 6.05. The molecule has 1 fully saturated rings.